The van der Waals surface area contributed by atoms with Gasteiger partial charge in [0, 0.05) is 20.1 Å². The topological polar surface area (TPSA) is 86.8 Å². The van der Waals surface area contributed by atoms with Crippen LogP contribution in [0.3, 0.4) is 0 Å². The van der Waals surface area contributed by atoms with Crippen molar-refractivity contribution in [2.24, 2.45) is 0 Å². The maximum Gasteiger partial charge on any atom is 0.405 e. The number of nitrogens with zero attached hydrogens (tertiary/aromatic N) is 2. The number of anilines is 2. The summed E-state index contributed by atoms with van der Waals surface area (Å²) in [5.41, 5.74) is 0.185. The molecule has 1 aliphatic rings. The van der Waals surface area contributed by atoms with Crippen molar-refractivity contribution in [3.8, 4) is 0 Å². The van der Waals surface area contributed by atoms with Crippen LogP contribution in [0.1, 0.15) is 32.1 Å². The van der Waals surface area contributed by atoms with Crippen molar-refractivity contribution in [2.75, 3.05) is 30.3 Å². The first-order chi connectivity index (χ1) is 15.8. The fourth-order valence-electron chi connectivity index (χ4n) is 4.01. The summed E-state index contributed by atoms with van der Waals surface area (Å²) >= 11 is 0. The summed E-state index contributed by atoms with van der Waals surface area (Å²) in [6, 6.07) is 10.3. The highest BCUT2D eigenvalue weighted by atomic mass is 32.2. The van der Waals surface area contributed by atoms with Crippen molar-refractivity contribution in [1.82, 2.24) is 4.31 Å². The molecule has 1 fully saturated rings. The average Bonchev–Trinajstić information content (AvgIpc) is 2.78. The Bertz CT molecular complexity index is 1190. The Labute approximate surface area is 198 Å². The zero-order valence-electron chi connectivity index (χ0n) is 18.9. The summed E-state index contributed by atoms with van der Waals surface area (Å²) in [5.74, 6) is 0. The van der Waals surface area contributed by atoms with Crippen LogP contribution in [0.25, 0.3) is 0 Å². The molecule has 188 valence electrons. The molecule has 0 aliphatic heterocycles. The molecule has 1 aliphatic carbocycles. The van der Waals surface area contributed by atoms with Gasteiger partial charge in [-0.2, -0.15) is 13.2 Å². The van der Waals surface area contributed by atoms with Crippen LogP contribution in [0.5, 0.6) is 0 Å². The molecule has 0 heterocycles. The van der Waals surface area contributed by atoms with E-state index >= 15 is 0 Å². The molecule has 1 N–H and O–H groups in total. The van der Waals surface area contributed by atoms with Gasteiger partial charge in [-0.15, -0.1) is 0 Å². The third kappa shape index (κ3) is 6.22. The van der Waals surface area contributed by atoms with E-state index in [1.54, 1.807) is 12.1 Å². The van der Waals surface area contributed by atoms with Crippen molar-refractivity contribution in [2.45, 2.75) is 54.1 Å². The lowest BCUT2D eigenvalue weighted by Crippen LogP contribution is -2.43. The van der Waals surface area contributed by atoms with Gasteiger partial charge in [0.15, 0.2) is 0 Å². The van der Waals surface area contributed by atoms with E-state index in [-0.39, 0.29) is 27.2 Å². The summed E-state index contributed by atoms with van der Waals surface area (Å²) in [5, 5.41) is 0. The van der Waals surface area contributed by atoms with E-state index in [9.17, 15) is 30.0 Å². The van der Waals surface area contributed by atoms with Gasteiger partial charge in [0.2, 0.25) is 10.0 Å². The van der Waals surface area contributed by atoms with Gasteiger partial charge in [-0.25, -0.2) is 21.1 Å². The number of rotatable bonds is 8. The molecule has 34 heavy (non-hydrogen) atoms. The number of para-hydroxylation sites is 2. The molecule has 0 bridgehead atoms. The van der Waals surface area contributed by atoms with Crippen LogP contribution in [0.2, 0.25) is 0 Å². The van der Waals surface area contributed by atoms with E-state index in [0.29, 0.717) is 12.8 Å². The maximum atomic E-state index is 13.4. The SMILES string of the molecule is CN(C)S(=O)(=O)c1ccc(S(=O)(=O)Nc2ccccc2N(CC(F)(F)F)C2CCCCC2)cc1. The predicted molar refractivity (Wildman–Crippen MR) is 125 cm³/mol. The lowest BCUT2D eigenvalue weighted by atomic mass is 9.93. The van der Waals surface area contributed by atoms with Crippen molar-refractivity contribution >= 4 is 31.4 Å². The van der Waals surface area contributed by atoms with Gasteiger partial charge < -0.3 is 4.90 Å². The van der Waals surface area contributed by atoms with Crippen LogP contribution in [0.15, 0.2) is 58.3 Å². The molecule has 0 amide bonds. The zero-order valence-corrected chi connectivity index (χ0v) is 20.5. The van der Waals surface area contributed by atoms with Crippen LogP contribution in [0.4, 0.5) is 24.5 Å². The van der Waals surface area contributed by atoms with E-state index in [2.05, 4.69) is 4.72 Å². The largest absolute Gasteiger partial charge is 0.405 e. The summed E-state index contributed by atoms with van der Waals surface area (Å²) in [7, 11) is -5.22. The molecule has 2 aromatic rings. The number of nitrogens with one attached hydrogen (secondary N) is 1. The van der Waals surface area contributed by atoms with Gasteiger partial charge in [-0.1, -0.05) is 31.4 Å². The Morgan fingerprint density at radius 3 is 2.00 bits per heavy atom. The summed E-state index contributed by atoms with van der Waals surface area (Å²) in [4.78, 5) is 0.953. The normalized spacial score (nSPS) is 15.9. The lowest BCUT2D eigenvalue weighted by Gasteiger charge is -2.37. The molecule has 0 atom stereocenters. The fourth-order valence-corrected chi connectivity index (χ4v) is 5.99. The van der Waals surface area contributed by atoms with Gasteiger partial charge in [-0.3, -0.25) is 4.72 Å². The van der Waals surface area contributed by atoms with Crippen LogP contribution in [-0.4, -0.2) is 54.0 Å². The fraction of sp³-hybridized carbons (Fsp3) is 0.455. The predicted octanol–water partition coefficient (Wildman–Crippen LogP) is 4.44. The molecule has 7 nitrogen and oxygen atoms in total. The first kappa shape index (κ1) is 26.3. The maximum absolute atomic E-state index is 13.4. The molecular formula is C22H28F3N3O4S2. The van der Waals surface area contributed by atoms with Gasteiger partial charge >= 0.3 is 6.18 Å². The monoisotopic (exact) mass is 519 g/mol. The smallest absolute Gasteiger partial charge is 0.358 e. The Morgan fingerprint density at radius 2 is 1.44 bits per heavy atom. The average molecular weight is 520 g/mol. The quantitative estimate of drug-likeness (QED) is 0.557. The lowest BCUT2D eigenvalue weighted by molar-refractivity contribution is -0.121. The van der Waals surface area contributed by atoms with Crippen LogP contribution < -0.4 is 9.62 Å². The first-order valence-electron chi connectivity index (χ1n) is 10.8. The highest BCUT2D eigenvalue weighted by Gasteiger charge is 2.35. The summed E-state index contributed by atoms with van der Waals surface area (Å²) in [6.45, 7) is -1.19. The summed E-state index contributed by atoms with van der Waals surface area (Å²) in [6.07, 6.45) is -0.677. The molecule has 0 radical (unpaired) electrons. The number of hydrogen-bond donors (Lipinski definition) is 1. The van der Waals surface area contributed by atoms with Gasteiger partial charge in [0.1, 0.15) is 6.54 Å². The first-order valence-corrected chi connectivity index (χ1v) is 13.7. The Kier molecular flexibility index (Phi) is 7.83. The van der Waals surface area contributed by atoms with Crippen LogP contribution >= 0.6 is 0 Å². The number of benzene rings is 2. The molecule has 0 unspecified atom stereocenters. The highest BCUT2D eigenvalue weighted by Crippen LogP contribution is 2.36. The van der Waals surface area contributed by atoms with Crippen molar-refractivity contribution in [1.29, 1.82) is 0 Å². The van der Waals surface area contributed by atoms with Gasteiger partial charge in [0.05, 0.1) is 21.2 Å². The molecule has 0 aromatic heterocycles. The van der Waals surface area contributed by atoms with E-state index in [1.807, 2.05) is 0 Å². The third-order valence-electron chi connectivity index (χ3n) is 5.74. The highest BCUT2D eigenvalue weighted by molar-refractivity contribution is 7.92. The minimum atomic E-state index is -4.46. The Morgan fingerprint density at radius 1 is 0.882 bits per heavy atom. The number of hydrogen-bond acceptors (Lipinski definition) is 5. The standard InChI is InChI=1S/C22H28F3N3O4S2/c1-27(2)34(31,32)19-14-12-18(13-15-19)33(29,30)26-20-10-6-7-11-21(20)28(16-22(23,24)25)17-8-4-3-5-9-17/h6-7,10-15,17,26H,3-5,8-9,16H2,1-2H3. The number of alkyl halides is 3. The number of sulfonamides is 2. The van der Waals surface area contributed by atoms with E-state index < -0.39 is 32.8 Å². The Balaban J connectivity index is 1.94. The molecule has 12 heteroatoms. The van der Waals surface area contributed by atoms with E-state index in [4.69, 9.17) is 0 Å². The number of halogens is 3. The van der Waals surface area contributed by atoms with Gasteiger partial charge in [-0.05, 0) is 49.2 Å². The van der Waals surface area contributed by atoms with Crippen LogP contribution in [-0.2, 0) is 20.0 Å². The van der Waals surface area contributed by atoms with Crippen LogP contribution in [0, 0.1) is 0 Å². The van der Waals surface area contributed by atoms with Gasteiger partial charge in [0.25, 0.3) is 10.0 Å². The molecule has 2 aromatic carbocycles. The minimum Gasteiger partial charge on any atom is -0.358 e. The second-order valence-electron chi connectivity index (χ2n) is 8.42. The molecule has 1 saturated carbocycles. The molecule has 0 saturated heterocycles. The van der Waals surface area contributed by atoms with Crippen molar-refractivity contribution in [3.05, 3.63) is 48.5 Å². The Hall–Kier alpha value is -2.31. The van der Waals surface area contributed by atoms with Crippen molar-refractivity contribution in [3.63, 3.8) is 0 Å². The second kappa shape index (κ2) is 10.1. The van der Waals surface area contributed by atoms with E-state index in [0.717, 1.165) is 35.7 Å². The zero-order chi connectivity index (χ0) is 25.1. The minimum absolute atomic E-state index is 0.0299. The summed E-state index contributed by atoms with van der Waals surface area (Å²) < 4.78 is 94.2. The second-order valence-corrected chi connectivity index (χ2v) is 12.3. The third-order valence-corrected chi connectivity index (χ3v) is 8.95. The molecule has 3 rings (SSSR count). The van der Waals surface area contributed by atoms with Crippen molar-refractivity contribution < 1.29 is 30.0 Å². The molecule has 0 spiro atoms. The van der Waals surface area contributed by atoms with E-state index in [1.165, 1.54) is 43.3 Å². The molecular weight excluding hydrogens is 491 g/mol.